The van der Waals surface area contributed by atoms with Gasteiger partial charge in [0.2, 0.25) is 0 Å². The fourth-order valence-corrected chi connectivity index (χ4v) is 1.28. The molecule has 0 aliphatic heterocycles. The lowest BCUT2D eigenvalue weighted by atomic mass is 10.2. The molecule has 0 aliphatic carbocycles. The van der Waals surface area contributed by atoms with E-state index in [1.807, 2.05) is 32.0 Å². The lowest BCUT2D eigenvalue weighted by Gasteiger charge is -2.13. The summed E-state index contributed by atoms with van der Waals surface area (Å²) in [6, 6.07) is 8.67. The van der Waals surface area contributed by atoms with Crippen LogP contribution in [0.3, 0.4) is 0 Å². The summed E-state index contributed by atoms with van der Waals surface area (Å²) in [7, 11) is 1.71. The Morgan fingerprint density at radius 1 is 1.25 bits per heavy atom. The monoisotopic (exact) mass is 223 g/mol. The molecule has 1 rings (SSSR count). The standard InChI is InChI=1S/C12H19NO.C2H6/c1-4-10(2)13-9-11-7-5-6-8-12(11)14-3;1-2/h5-8,10,13H,4,9H2,1-3H3;1-2H3. The summed E-state index contributed by atoms with van der Waals surface area (Å²) in [6.45, 7) is 9.24. The van der Waals surface area contributed by atoms with Crippen LogP contribution in [0.1, 0.15) is 39.7 Å². The minimum Gasteiger partial charge on any atom is -0.496 e. The summed E-state index contributed by atoms with van der Waals surface area (Å²) in [4.78, 5) is 0. The van der Waals surface area contributed by atoms with Crippen molar-refractivity contribution in [2.45, 2.75) is 46.7 Å². The van der Waals surface area contributed by atoms with Gasteiger partial charge in [-0.25, -0.2) is 0 Å². The lowest BCUT2D eigenvalue weighted by Crippen LogP contribution is -2.24. The van der Waals surface area contributed by atoms with E-state index in [1.54, 1.807) is 7.11 Å². The molecule has 0 bridgehead atoms. The average molecular weight is 223 g/mol. The van der Waals surface area contributed by atoms with Gasteiger partial charge in [0.25, 0.3) is 0 Å². The number of benzene rings is 1. The van der Waals surface area contributed by atoms with Crippen LogP contribution in [0.2, 0.25) is 0 Å². The Bertz CT molecular complexity index is 273. The number of hydrogen-bond acceptors (Lipinski definition) is 2. The zero-order chi connectivity index (χ0) is 12.4. The van der Waals surface area contributed by atoms with Crippen LogP contribution in [0.15, 0.2) is 24.3 Å². The first kappa shape index (κ1) is 15.0. The van der Waals surface area contributed by atoms with E-state index < -0.39 is 0 Å². The Morgan fingerprint density at radius 3 is 2.44 bits per heavy atom. The molecule has 1 aromatic carbocycles. The van der Waals surface area contributed by atoms with Crippen LogP contribution in [0, 0.1) is 0 Å². The second-order valence-electron chi connectivity index (χ2n) is 3.50. The minimum atomic E-state index is 0.555. The normalized spacial score (nSPS) is 11.3. The molecule has 0 aliphatic rings. The molecule has 2 nitrogen and oxygen atoms in total. The van der Waals surface area contributed by atoms with E-state index in [0.717, 1.165) is 18.7 Å². The Balaban J connectivity index is 0.00000106. The van der Waals surface area contributed by atoms with Gasteiger partial charge < -0.3 is 10.1 Å². The number of ether oxygens (including phenoxy) is 1. The molecule has 0 aromatic heterocycles. The van der Waals surface area contributed by atoms with Crippen LogP contribution in [-0.2, 0) is 6.54 Å². The predicted molar refractivity (Wildman–Crippen MR) is 70.9 cm³/mol. The first-order valence-corrected chi connectivity index (χ1v) is 6.13. The third kappa shape index (κ3) is 5.17. The largest absolute Gasteiger partial charge is 0.496 e. The Kier molecular flexibility index (Phi) is 8.64. The van der Waals surface area contributed by atoms with Gasteiger partial charge in [0.05, 0.1) is 7.11 Å². The maximum atomic E-state index is 5.27. The van der Waals surface area contributed by atoms with Crippen molar-refractivity contribution in [2.75, 3.05) is 7.11 Å². The third-order valence-electron chi connectivity index (χ3n) is 2.45. The summed E-state index contributed by atoms with van der Waals surface area (Å²) in [5.74, 6) is 0.961. The topological polar surface area (TPSA) is 21.3 Å². The van der Waals surface area contributed by atoms with Crippen LogP contribution in [0.4, 0.5) is 0 Å². The van der Waals surface area contributed by atoms with Gasteiger partial charge in [-0.15, -0.1) is 0 Å². The van der Waals surface area contributed by atoms with Gasteiger partial charge in [-0.05, 0) is 19.4 Å². The highest BCUT2D eigenvalue weighted by Gasteiger charge is 2.02. The fraction of sp³-hybridized carbons (Fsp3) is 0.571. The maximum Gasteiger partial charge on any atom is 0.123 e. The second-order valence-corrected chi connectivity index (χ2v) is 3.50. The molecule has 2 heteroatoms. The first-order chi connectivity index (χ1) is 7.77. The highest BCUT2D eigenvalue weighted by atomic mass is 16.5. The van der Waals surface area contributed by atoms with E-state index >= 15 is 0 Å². The fourth-order valence-electron chi connectivity index (χ4n) is 1.28. The Morgan fingerprint density at radius 2 is 1.88 bits per heavy atom. The molecule has 16 heavy (non-hydrogen) atoms. The van der Waals surface area contributed by atoms with Crippen molar-refractivity contribution >= 4 is 0 Å². The van der Waals surface area contributed by atoms with E-state index in [9.17, 15) is 0 Å². The van der Waals surface area contributed by atoms with E-state index in [4.69, 9.17) is 4.74 Å². The molecular weight excluding hydrogens is 198 g/mol. The molecule has 0 saturated carbocycles. The van der Waals surface area contributed by atoms with Crippen LogP contribution < -0.4 is 10.1 Å². The summed E-state index contributed by atoms with van der Waals surface area (Å²) in [6.07, 6.45) is 1.15. The molecule has 0 spiro atoms. The van der Waals surface area contributed by atoms with E-state index in [2.05, 4.69) is 25.2 Å². The van der Waals surface area contributed by atoms with Crippen LogP contribution in [0.5, 0.6) is 5.75 Å². The highest BCUT2D eigenvalue weighted by Crippen LogP contribution is 2.16. The zero-order valence-electron chi connectivity index (χ0n) is 11.2. The molecule has 1 unspecified atom stereocenters. The van der Waals surface area contributed by atoms with Crippen LogP contribution in [-0.4, -0.2) is 13.2 Å². The quantitative estimate of drug-likeness (QED) is 0.823. The SMILES string of the molecule is CC.CCC(C)NCc1ccccc1OC. The molecule has 0 fully saturated rings. The second kappa shape index (κ2) is 9.22. The molecular formula is C14H25NO. The number of nitrogens with one attached hydrogen (secondary N) is 1. The summed E-state index contributed by atoms with van der Waals surface area (Å²) >= 11 is 0. The van der Waals surface area contributed by atoms with E-state index in [0.29, 0.717) is 6.04 Å². The zero-order valence-corrected chi connectivity index (χ0v) is 11.2. The van der Waals surface area contributed by atoms with Crippen molar-refractivity contribution in [3.8, 4) is 5.75 Å². The number of para-hydroxylation sites is 1. The average Bonchev–Trinajstić information content (AvgIpc) is 2.38. The molecule has 1 atom stereocenters. The number of rotatable bonds is 5. The van der Waals surface area contributed by atoms with Crippen molar-refractivity contribution in [1.82, 2.24) is 5.32 Å². The van der Waals surface area contributed by atoms with Crippen LogP contribution >= 0.6 is 0 Å². The van der Waals surface area contributed by atoms with Crippen molar-refractivity contribution in [3.05, 3.63) is 29.8 Å². The minimum absolute atomic E-state index is 0.555. The molecule has 92 valence electrons. The lowest BCUT2D eigenvalue weighted by molar-refractivity contribution is 0.405. The van der Waals surface area contributed by atoms with Crippen molar-refractivity contribution in [1.29, 1.82) is 0 Å². The van der Waals surface area contributed by atoms with Crippen molar-refractivity contribution < 1.29 is 4.74 Å². The summed E-state index contributed by atoms with van der Waals surface area (Å²) in [5.41, 5.74) is 1.22. The Labute approximate surface area is 100 Å². The summed E-state index contributed by atoms with van der Waals surface area (Å²) < 4.78 is 5.27. The van der Waals surface area contributed by atoms with Crippen molar-refractivity contribution in [3.63, 3.8) is 0 Å². The van der Waals surface area contributed by atoms with Gasteiger partial charge in [0.1, 0.15) is 5.75 Å². The molecule has 0 saturated heterocycles. The van der Waals surface area contributed by atoms with Gasteiger partial charge in [-0.1, -0.05) is 39.0 Å². The van der Waals surface area contributed by atoms with E-state index in [-0.39, 0.29) is 0 Å². The predicted octanol–water partition coefficient (Wildman–Crippen LogP) is 3.61. The van der Waals surface area contributed by atoms with Gasteiger partial charge in [-0.3, -0.25) is 0 Å². The Hall–Kier alpha value is -1.02. The van der Waals surface area contributed by atoms with E-state index in [1.165, 1.54) is 5.56 Å². The molecule has 1 aromatic rings. The molecule has 0 heterocycles. The van der Waals surface area contributed by atoms with Crippen molar-refractivity contribution in [2.24, 2.45) is 0 Å². The van der Waals surface area contributed by atoms with Gasteiger partial charge in [0.15, 0.2) is 0 Å². The van der Waals surface area contributed by atoms with Crippen LogP contribution in [0.25, 0.3) is 0 Å². The van der Waals surface area contributed by atoms with Gasteiger partial charge in [-0.2, -0.15) is 0 Å². The summed E-state index contributed by atoms with van der Waals surface area (Å²) in [5, 5.41) is 3.44. The molecule has 1 N–H and O–H groups in total. The number of methoxy groups -OCH3 is 1. The highest BCUT2D eigenvalue weighted by molar-refractivity contribution is 5.32. The van der Waals surface area contributed by atoms with Gasteiger partial charge in [0, 0.05) is 18.2 Å². The molecule has 0 amide bonds. The first-order valence-electron chi connectivity index (χ1n) is 6.13. The number of hydrogen-bond donors (Lipinski definition) is 1. The molecule has 0 radical (unpaired) electrons. The van der Waals surface area contributed by atoms with Gasteiger partial charge >= 0.3 is 0 Å². The smallest absolute Gasteiger partial charge is 0.123 e. The third-order valence-corrected chi connectivity index (χ3v) is 2.45. The maximum absolute atomic E-state index is 5.27.